The Kier molecular flexibility index (Phi) is 6.96. The Labute approximate surface area is 211 Å². The molecule has 2 heterocycles. The largest absolute Gasteiger partial charge is 0.573 e. The summed E-state index contributed by atoms with van der Waals surface area (Å²) >= 11 is 0. The number of ether oxygens (including phenoxy) is 2. The van der Waals surface area contributed by atoms with Gasteiger partial charge in [-0.3, -0.25) is 9.59 Å². The minimum Gasteiger partial charge on any atom is -0.456 e. The molecule has 13 heteroatoms. The van der Waals surface area contributed by atoms with Crippen LogP contribution in [0.4, 0.5) is 26.3 Å². The van der Waals surface area contributed by atoms with Crippen LogP contribution in [0.2, 0.25) is 0 Å². The van der Waals surface area contributed by atoms with Crippen molar-refractivity contribution in [2.75, 3.05) is 6.61 Å². The Morgan fingerprint density at radius 2 is 1.61 bits per heavy atom. The lowest BCUT2D eigenvalue weighted by Gasteiger charge is -2.13. The van der Waals surface area contributed by atoms with Crippen molar-refractivity contribution in [3.63, 3.8) is 0 Å². The number of halogens is 6. The van der Waals surface area contributed by atoms with Crippen molar-refractivity contribution in [1.29, 1.82) is 0 Å². The van der Waals surface area contributed by atoms with E-state index in [-0.39, 0.29) is 16.6 Å². The molecule has 0 saturated carbocycles. The average Bonchev–Trinajstić information content (AvgIpc) is 3.34. The summed E-state index contributed by atoms with van der Waals surface area (Å²) in [5, 5.41) is 0. The number of ketones is 1. The molecule has 0 aliphatic heterocycles. The van der Waals surface area contributed by atoms with Crippen molar-refractivity contribution in [2.45, 2.75) is 32.9 Å². The van der Waals surface area contributed by atoms with E-state index in [2.05, 4.69) is 9.72 Å². The molecule has 2 aromatic carbocycles. The number of aryl methyl sites for hydroxylation is 1. The van der Waals surface area contributed by atoms with Crippen molar-refractivity contribution in [3.05, 3.63) is 77.4 Å². The predicted octanol–water partition coefficient (Wildman–Crippen LogP) is 5.79. The quantitative estimate of drug-likeness (QED) is 0.169. The van der Waals surface area contributed by atoms with Gasteiger partial charge in [0.25, 0.3) is 0 Å². The van der Waals surface area contributed by atoms with Crippen LogP contribution in [0.25, 0.3) is 16.7 Å². The van der Waals surface area contributed by atoms with Gasteiger partial charge in [0.1, 0.15) is 12.3 Å². The van der Waals surface area contributed by atoms with Crippen molar-refractivity contribution in [3.8, 4) is 11.4 Å². The van der Waals surface area contributed by atoms with Crippen LogP contribution in [0.5, 0.6) is 5.75 Å². The van der Waals surface area contributed by atoms with Crippen LogP contribution in [0, 0.1) is 13.8 Å². The highest BCUT2D eigenvalue weighted by Gasteiger charge is 2.38. The normalized spacial score (nSPS) is 12.1. The topological polar surface area (TPSA) is 75.4 Å². The first-order valence-corrected chi connectivity index (χ1v) is 11.0. The van der Waals surface area contributed by atoms with E-state index in [0.717, 1.165) is 12.1 Å². The highest BCUT2D eigenvalue weighted by molar-refractivity contribution is 5.99. The standard InChI is InChI=1S/C25H19F6N3O4/c1-14-11-18(15(2)34(14)16-7-9-17(10-8-16)38-25(29,30)31)21(35)13-37-22(36)12-33-20-6-4-3-5-19(20)32-23(33)24(26,27)28/h3-11H,12-13H2,1-2H3. The molecule has 7 nitrogen and oxygen atoms in total. The number of benzene rings is 2. The van der Waals surface area contributed by atoms with Gasteiger partial charge in [-0.2, -0.15) is 13.2 Å². The number of Topliss-reactive ketones (excluding diaryl/α,β-unsaturated/α-hetero) is 1. The smallest absolute Gasteiger partial charge is 0.456 e. The summed E-state index contributed by atoms with van der Waals surface area (Å²) in [7, 11) is 0. The zero-order chi connectivity index (χ0) is 27.8. The molecule has 2 aromatic heterocycles. The number of aromatic nitrogens is 3. The molecule has 0 saturated heterocycles. The number of carbonyl (C=O) groups excluding carboxylic acids is 2. The second-order valence-corrected chi connectivity index (χ2v) is 8.25. The fraction of sp³-hybridized carbons (Fsp3) is 0.240. The fourth-order valence-corrected chi connectivity index (χ4v) is 4.09. The Hall–Kier alpha value is -4.29. The maximum Gasteiger partial charge on any atom is 0.573 e. The summed E-state index contributed by atoms with van der Waals surface area (Å²) in [6.45, 7) is 1.72. The van der Waals surface area contributed by atoms with Crippen LogP contribution in [0.15, 0.2) is 54.6 Å². The van der Waals surface area contributed by atoms with E-state index >= 15 is 0 Å². The molecule has 0 atom stereocenters. The van der Waals surface area contributed by atoms with Gasteiger partial charge in [0, 0.05) is 22.6 Å². The maximum absolute atomic E-state index is 13.4. The zero-order valence-corrected chi connectivity index (χ0v) is 19.9. The van der Waals surface area contributed by atoms with Gasteiger partial charge in [-0.15, -0.1) is 13.2 Å². The average molecular weight is 539 g/mol. The van der Waals surface area contributed by atoms with E-state index in [0.29, 0.717) is 21.6 Å². The van der Waals surface area contributed by atoms with Crippen LogP contribution in [-0.2, 0) is 22.3 Å². The third-order valence-corrected chi connectivity index (χ3v) is 5.62. The molecule has 0 radical (unpaired) electrons. The fourth-order valence-electron chi connectivity index (χ4n) is 4.09. The first-order chi connectivity index (χ1) is 17.7. The molecule has 4 rings (SSSR count). The molecule has 200 valence electrons. The molecule has 4 aromatic rings. The highest BCUT2D eigenvalue weighted by atomic mass is 19.4. The van der Waals surface area contributed by atoms with Crippen molar-refractivity contribution >= 4 is 22.8 Å². The first kappa shape index (κ1) is 26.8. The monoisotopic (exact) mass is 539 g/mol. The minimum atomic E-state index is -4.84. The zero-order valence-electron chi connectivity index (χ0n) is 19.9. The number of imidazole rings is 1. The molecule has 0 N–H and O–H groups in total. The first-order valence-electron chi connectivity index (χ1n) is 11.0. The minimum absolute atomic E-state index is 0.0501. The molecule has 0 spiro atoms. The second-order valence-electron chi connectivity index (χ2n) is 8.25. The maximum atomic E-state index is 13.4. The number of alkyl halides is 6. The lowest BCUT2D eigenvalue weighted by molar-refractivity contribution is -0.274. The molecule has 0 aliphatic carbocycles. The second kappa shape index (κ2) is 9.88. The summed E-state index contributed by atoms with van der Waals surface area (Å²) < 4.78 is 88.7. The van der Waals surface area contributed by atoms with Crippen LogP contribution in [-0.4, -0.2) is 38.8 Å². The molecular formula is C25H19F6N3O4. The SMILES string of the molecule is Cc1cc(C(=O)COC(=O)Cn2c(C(F)(F)F)nc3ccccc32)c(C)n1-c1ccc(OC(F)(F)F)cc1. The van der Waals surface area contributed by atoms with Gasteiger partial charge in [0.05, 0.1) is 11.0 Å². The van der Waals surface area contributed by atoms with Gasteiger partial charge in [-0.05, 0) is 56.3 Å². The molecule has 0 aliphatic rings. The predicted molar refractivity (Wildman–Crippen MR) is 122 cm³/mol. The van der Waals surface area contributed by atoms with E-state index in [1.807, 2.05) is 0 Å². The Morgan fingerprint density at radius 1 is 0.947 bits per heavy atom. The van der Waals surface area contributed by atoms with Crippen LogP contribution >= 0.6 is 0 Å². The number of hydrogen-bond acceptors (Lipinski definition) is 5. The number of esters is 1. The summed E-state index contributed by atoms with van der Waals surface area (Å²) in [4.78, 5) is 28.7. The third kappa shape index (κ3) is 5.66. The number of hydrogen-bond donors (Lipinski definition) is 0. The van der Waals surface area contributed by atoms with Gasteiger partial charge in [0.15, 0.2) is 6.61 Å². The summed E-state index contributed by atoms with van der Waals surface area (Å²) in [6, 6.07) is 12.3. The molecule has 0 unspecified atom stereocenters. The highest BCUT2D eigenvalue weighted by Crippen LogP contribution is 2.31. The summed E-state index contributed by atoms with van der Waals surface area (Å²) in [5.74, 6) is -3.36. The third-order valence-electron chi connectivity index (χ3n) is 5.62. The lowest BCUT2D eigenvalue weighted by atomic mass is 10.1. The van der Waals surface area contributed by atoms with Crippen molar-refractivity contribution < 1.29 is 45.4 Å². The van der Waals surface area contributed by atoms with Gasteiger partial charge >= 0.3 is 18.5 Å². The van der Waals surface area contributed by atoms with Crippen LogP contribution in [0.3, 0.4) is 0 Å². The van der Waals surface area contributed by atoms with Gasteiger partial charge in [0.2, 0.25) is 11.6 Å². The van der Waals surface area contributed by atoms with Crippen LogP contribution in [0.1, 0.15) is 27.6 Å². The number of para-hydroxylation sites is 2. The molecule has 38 heavy (non-hydrogen) atoms. The Bertz CT molecular complexity index is 1500. The summed E-state index contributed by atoms with van der Waals surface area (Å²) in [5.41, 5.74) is 1.76. The van der Waals surface area contributed by atoms with Crippen molar-refractivity contribution in [2.24, 2.45) is 0 Å². The Balaban J connectivity index is 1.47. The lowest BCUT2D eigenvalue weighted by Crippen LogP contribution is -2.22. The number of fused-ring (bicyclic) bond motifs is 1. The summed E-state index contributed by atoms with van der Waals surface area (Å²) in [6.07, 6.45) is -9.65. The molecular weight excluding hydrogens is 520 g/mol. The molecule has 0 amide bonds. The van der Waals surface area contributed by atoms with Gasteiger partial charge in [-0.25, -0.2) is 4.98 Å². The number of rotatable bonds is 7. The van der Waals surface area contributed by atoms with E-state index < -0.39 is 49.0 Å². The molecule has 0 fully saturated rings. The van der Waals surface area contributed by atoms with Crippen molar-refractivity contribution in [1.82, 2.24) is 14.1 Å². The van der Waals surface area contributed by atoms with Gasteiger partial charge < -0.3 is 18.6 Å². The van der Waals surface area contributed by atoms with Crippen LogP contribution < -0.4 is 4.74 Å². The van der Waals surface area contributed by atoms with E-state index in [1.165, 1.54) is 42.5 Å². The van der Waals surface area contributed by atoms with Gasteiger partial charge in [-0.1, -0.05) is 12.1 Å². The number of nitrogens with zero attached hydrogens (tertiary/aromatic N) is 3. The molecule has 0 bridgehead atoms. The van der Waals surface area contributed by atoms with E-state index in [4.69, 9.17) is 4.74 Å². The van der Waals surface area contributed by atoms with E-state index in [1.54, 1.807) is 18.4 Å². The number of carbonyl (C=O) groups is 2. The Morgan fingerprint density at radius 3 is 2.24 bits per heavy atom. The van der Waals surface area contributed by atoms with E-state index in [9.17, 15) is 35.9 Å².